The van der Waals surface area contributed by atoms with Crippen LogP contribution in [0.4, 0.5) is 0 Å². The maximum absolute atomic E-state index is 13.4. The molecule has 10 heteroatoms. The molecule has 0 radical (unpaired) electrons. The SMILES string of the molecule is CCOc1ccc(/C=N\NC(=O)CN(Cc2cccc(Cl)c2)S(=O)(=O)c2ccc(C)cc2)cc1OC. The highest BCUT2D eigenvalue weighted by Crippen LogP contribution is 2.27. The molecule has 0 bridgehead atoms. The lowest BCUT2D eigenvalue weighted by molar-refractivity contribution is -0.121. The van der Waals surface area contributed by atoms with Crippen molar-refractivity contribution in [1.29, 1.82) is 0 Å². The van der Waals surface area contributed by atoms with Gasteiger partial charge in [-0.25, -0.2) is 13.8 Å². The minimum atomic E-state index is -3.97. The van der Waals surface area contributed by atoms with Gasteiger partial charge >= 0.3 is 0 Å². The summed E-state index contributed by atoms with van der Waals surface area (Å²) in [7, 11) is -2.44. The zero-order valence-corrected chi connectivity index (χ0v) is 21.8. The fraction of sp³-hybridized carbons (Fsp3) is 0.231. The molecule has 0 aromatic heterocycles. The average molecular weight is 530 g/mol. The van der Waals surface area contributed by atoms with Crippen LogP contribution in [0.2, 0.25) is 5.02 Å². The van der Waals surface area contributed by atoms with Crippen LogP contribution in [-0.4, -0.2) is 45.1 Å². The Kier molecular flexibility index (Phi) is 9.46. The predicted octanol–water partition coefficient (Wildman–Crippen LogP) is 4.40. The number of benzene rings is 3. The number of ether oxygens (including phenoxy) is 2. The molecular formula is C26H28ClN3O5S. The summed E-state index contributed by atoms with van der Waals surface area (Å²) in [4.78, 5) is 12.8. The molecule has 0 spiro atoms. The minimum Gasteiger partial charge on any atom is -0.493 e. The molecule has 8 nitrogen and oxygen atoms in total. The number of rotatable bonds is 11. The van der Waals surface area contributed by atoms with Crippen molar-refractivity contribution in [3.63, 3.8) is 0 Å². The number of aryl methyl sites for hydroxylation is 1. The van der Waals surface area contributed by atoms with Crippen molar-refractivity contribution >= 4 is 33.7 Å². The van der Waals surface area contributed by atoms with Crippen molar-refractivity contribution < 1.29 is 22.7 Å². The van der Waals surface area contributed by atoms with Gasteiger partial charge in [0.25, 0.3) is 5.91 Å². The van der Waals surface area contributed by atoms with Crippen molar-refractivity contribution in [2.24, 2.45) is 5.10 Å². The van der Waals surface area contributed by atoms with Crippen molar-refractivity contribution in [2.45, 2.75) is 25.3 Å². The molecule has 190 valence electrons. The van der Waals surface area contributed by atoms with Gasteiger partial charge < -0.3 is 9.47 Å². The molecule has 0 aliphatic rings. The van der Waals surface area contributed by atoms with Crippen molar-refractivity contribution in [3.05, 3.63) is 88.4 Å². The first-order chi connectivity index (χ1) is 17.2. The predicted molar refractivity (Wildman–Crippen MR) is 140 cm³/mol. The van der Waals surface area contributed by atoms with Gasteiger partial charge in [0, 0.05) is 11.6 Å². The van der Waals surface area contributed by atoms with Gasteiger partial charge in [-0.2, -0.15) is 9.41 Å². The van der Waals surface area contributed by atoms with Gasteiger partial charge in [-0.3, -0.25) is 4.79 Å². The number of halogens is 1. The van der Waals surface area contributed by atoms with Crippen LogP contribution in [0.3, 0.4) is 0 Å². The van der Waals surface area contributed by atoms with Gasteiger partial charge in [0.15, 0.2) is 11.5 Å². The first-order valence-corrected chi connectivity index (χ1v) is 13.0. The summed E-state index contributed by atoms with van der Waals surface area (Å²) in [6.45, 7) is 3.76. The largest absolute Gasteiger partial charge is 0.493 e. The quantitative estimate of drug-likeness (QED) is 0.293. The third-order valence-electron chi connectivity index (χ3n) is 5.12. The Morgan fingerprint density at radius 2 is 1.83 bits per heavy atom. The zero-order valence-electron chi connectivity index (χ0n) is 20.3. The van der Waals surface area contributed by atoms with Crippen LogP contribution in [0, 0.1) is 6.92 Å². The average Bonchev–Trinajstić information content (AvgIpc) is 2.85. The van der Waals surface area contributed by atoms with E-state index in [9.17, 15) is 13.2 Å². The van der Waals surface area contributed by atoms with Crippen LogP contribution in [0.1, 0.15) is 23.6 Å². The number of hydrogen-bond acceptors (Lipinski definition) is 6. The second-order valence-electron chi connectivity index (χ2n) is 7.85. The molecule has 0 saturated carbocycles. The topological polar surface area (TPSA) is 97.3 Å². The van der Waals surface area contributed by atoms with E-state index < -0.39 is 22.5 Å². The van der Waals surface area contributed by atoms with Crippen LogP contribution in [0.15, 0.2) is 76.7 Å². The molecule has 0 aliphatic carbocycles. The molecule has 0 saturated heterocycles. The number of methoxy groups -OCH3 is 1. The Morgan fingerprint density at radius 1 is 1.08 bits per heavy atom. The molecule has 3 aromatic rings. The molecule has 0 unspecified atom stereocenters. The summed E-state index contributed by atoms with van der Waals surface area (Å²) in [6, 6.07) is 18.5. The number of amides is 1. The van der Waals surface area contributed by atoms with E-state index in [1.165, 1.54) is 25.5 Å². The fourth-order valence-corrected chi connectivity index (χ4v) is 4.93. The number of hydrogen-bond donors (Lipinski definition) is 1. The van der Waals surface area contributed by atoms with Gasteiger partial charge in [-0.1, -0.05) is 41.4 Å². The number of hydrazone groups is 1. The lowest BCUT2D eigenvalue weighted by atomic mass is 10.2. The molecule has 3 aromatic carbocycles. The molecule has 0 aliphatic heterocycles. The zero-order chi connectivity index (χ0) is 26.1. The second kappa shape index (κ2) is 12.5. The van der Waals surface area contributed by atoms with Crippen LogP contribution in [0.25, 0.3) is 0 Å². The lowest BCUT2D eigenvalue weighted by Gasteiger charge is -2.21. The standard InChI is InChI=1S/C26H28ClN3O5S/c1-4-35-24-13-10-20(15-25(24)34-3)16-28-29-26(31)18-30(17-21-6-5-7-22(27)14-21)36(32,33)23-11-8-19(2)9-12-23/h5-16H,4,17-18H2,1-3H3,(H,29,31)/b28-16-. The van der Waals surface area contributed by atoms with E-state index in [2.05, 4.69) is 10.5 Å². The van der Waals surface area contributed by atoms with Gasteiger partial charge in [0.05, 0.1) is 31.4 Å². The highest BCUT2D eigenvalue weighted by Gasteiger charge is 2.27. The lowest BCUT2D eigenvalue weighted by Crippen LogP contribution is -2.39. The molecular weight excluding hydrogens is 502 g/mol. The van der Waals surface area contributed by atoms with Crippen LogP contribution in [-0.2, 0) is 21.4 Å². The Hall–Kier alpha value is -3.40. The van der Waals surface area contributed by atoms with Gasteiger partial charge in [0.2, 0.25) is 10.0 Å². The van der Waals surface area contributed by atoms with E-state index in [1.807, 2.05) is 13.8 Å². The minimum absolute atomic E-state index is 0.0377. The molecule has 0 fully saturated rings. The van der Waals surface area contributed by atoms with Crippen molar-refractivity contribution in [1.82, 2.24) is 9.73 Å². The summed E-state index contributed by atoms with van der Waals surface area (Å²) in [5, 5.41) is 4.44. The highest BCUT2D eigenvalue weighted by atomic mass is 35.5. The summed E-state index contributed by atoms with van der Waals surface area (Å²) in [5.74, 6) is 0.532. The van der Waals surface area contributed by atoms with Crippen LogP contribution < -0.4 is 14.9 Å². The van der Waals surface area contributed by atoms with E-state index in [0.29, 0.717) is 34.3 Å². The maximum atomic E-state index is 13.4. The maximum Gasteiger partial charge on any atom is 0.255 e. The van der Waals surface area contributed by atoms with Gasteiger partial charge in [-0.15, -0.1) is 0 Å². The monoisotopic (exact) mass is 529 g/mol. The molecule has 1 N–H and O–H groups in total. The van der Waals surface area contributed by atoms with E-state index >= 15 is 0 Å². The molecule has 36 heavy (non-hydrogen) atoms. The number of carbonyl (C=O) groups is 1. The van der Waals surface area contributed by atoms with Crippen molar-refractivity contribution in [3.8, 4) is 11.5 Å². The third-order valence-corrected chi connectivity index (χ3v) is 7.16. The van der Waals surface area contributed by atoms with Gasteiger partial charge in [-0.05, 0) is 67.4 Å². The van der Waals surface area contributed by atoms with E-state index in [1.54, 1.807) is 54.6 Å². The smallest absolute Gasteiger partial charge is 0.255 e. The Morgan fingerprint density at radius 3 is 2.50 bits per heavy atom. The highest BCUT2D eigenvalue weighted by molar-refractivity contribution is 7.89. The normalized spacial score (nSPS) is 11.6. The Labute approximate surface area is 216 Å². The van der Waals surface area contributed by atoms with Crippen LogP contribution in [0.5, 0.6) is 11.5 Å². The fourth-order valence-electron chi connectivity index (χ4n) is 3.34. The summed E-state index contributed by atoms with van der Waals surface area (Å²) in [5.41, 5.74) is 4.63. The van der Waals surface area contributed by atoms with Crippen molar-refractivity contribution in [2.75, 3.05) is 20.3 Å². The number of nitrogens with one attached hydrogen (secondary N) is 1. The summed E-state index contributed by atoms with van der Waals surface area (Å²) in [6.07, 6.45) is 1.44. The summed E-state index contributed by atoms with van der Waals surface area (Å²) < 4.78 is 38.6. The number of sulfonamides is 1. The molecule has 0 atom stereocenters. The second-order valence-corrected chi connectivity index (χ2v) is 10.2. The van der Waals surface area contributed by atoms with E-state index in [-0.39, 0.29) is 11.4 Å². The first-order valence-electron chi connectivity index (χ1n) is 11.2. The van der Waals surface area contributed by atoms with Crippen LogP contribution >= 0.6 is 11.6 Å². The first kappa shape index (κ1) is 27.2. The Balaban J connectivity index is 1.77. The number of nitrogens with zero attached hydrogens (tertiary/aromatic N) is 2. The molecule has 3 rings (SSSR count). The third kappa shape index (κ3) is 7.30. The van der Waals surface area contributed by atoms with E-state index in [0.717, 1.165) is 9.87 Å². The molecule has 1 amide bonds. The Bertz CT molecular complexity index is 1330. The number of carbonyl (C=O) groups excluding carboxylic acids is 1. The molecule has 0 heterocycles. The van der Waals surface area contributed by atoms with E-state index in [4.69, 9.17) is 21.1 Å². The summed E-state index contributed by atoms with van der Waals surface area (Å²) >= 11 is 6.08. The van der Waals surface area contributed by atoms with Gasteiger partial charge in [0.1, 0.15) is 0 Å².